The molecule has 1 rings (SSSR count). The fraction of sp³-hybridized carbons (Fsp3) is 0.750. The topological polar surface area (TPSA) is 89.2 Å². The van der Waals surface area contributed by atoms with Crippen molar-refractivity contribution >= 4 is 5.82 Å². The van der Waals surface area contributed by atoms with Crippen LogP contribution in [0.15, 0.2) is 9.59 Å². The van der Waals surface area contributed by atoms with E-state index in [2.05, 4.69) is 10.4 Å². The summed E-state index contributed by atoms with van der Waals surface area (Å²) >= 11 is 0. The second kappa shape index (κ2) is 6.01. The summed E-state index contributed by atoms with van der Waals surface area (Å²) in [6.45, 7) is 4.79. The molecule has 19 heavy (non-hydrogen) atoms. The van der Waals surface area contributed by atoms with Crippen molar-refractivity contribution in [1.82, 2.24) is 14.3 Å². The molecule has 0 spiro atoms. The Balaban J connectivity index is 2.85. The number of aliphatic hydroxyl groups is 1. The molecule has 0 saturated carbocycles. The number of rotatable bonds is 6. The third-order valence-electron chi connectivity index (χ3n) is 3.07. The SMILES string of the molecule is Cn1nc(NCC(C)(C)CCCO)c(=O)n(C)c1=O. The Bertz CT molecular complexity index is 545. The van der Waals surface area contributed by atoms with Gasteiger partial charge in [0.1, 0.15) is 0 Å². The molecule has 0 aliphatic rings. The highest BCUT2D eigenvalue weighted by atomic mass is 16.3. The quantitative estimate of drug-likeness (QED) is 0.740. The van der Waals surface area contributed by atoms with E-state index in [9.17, 15) is 9.59 Å². The lowest BCUT2D eigenvalue weighted by molar-refractivity contribution is 0.247. The molecule has 0 bridgehead atoms. The number of nitrogens with zero attached hydrogens (tertiary/aromatic N) is 3. The summed E-state index contributed by atoms with van der Waals surface area (Å²) in [5.41, 5.74) is -0.944. The van der Waals surface area contributed by atoms with E-state index in [4.69, 9.17) is 5.11 Å². The zero-order valence-corrected chi connectivity index (χ0v) is 11.9. The van der Waals surface area contributed by atoms with Crippen molar-refractivity contribution in [1.29, 1.82) is 0 Å². The minimum Gasteiger partial charge on any atom is -0.396 e. The highest BCUT2D eigenvalue weighted by molar-refractivity contribution is 5.29. The van der Waals surface area contributed by atoms with E-state index in [-0.39, 0.29) is 17.8 Å². The molecule has 0 aliphatic heterocycles. The molecule has 2 N–H and O–H groups in total. The molecule has 0 saturated heterocycles. The van der Waals surface area contributed by atoms with Crippen molar-refractivity contribution in [3.63, 3.8) is 0 Å². The van der Waals surface area contributed by atoms with Crippen molar-refractivity contribution in [2.45, 2.75) is 26.7 Å². The first-order valence-corrected chi connectivity index (χ1v) is 6.27. The maximum absolute atomic E-state index is 11.9. The van der Waals surface area contributed by atoms with Crippen LogP contribution in [-0.4, -0.2) is 32.6 Å². The highest BCUT2D eigenvalue weighted by Gasteiger charge is 2.18. The molecule has 0 aromatic carbocycles. The molecular weight excluding hydrogens is 248 g/mol. The molecule has 0 aliphatic carbocycles. The Hall–Kier alpha value is -1.63. The first-order valence-electron chi connectivity index (χ1n) is 6.27. The Morgan fingerprint density at radius 2 is 1.95 bits per heavy atom. The van der Waals surface area contributed by atoms with Crippen LogP contribution < -0.4 is 16.6 Å². The zero-order valence-electron chi connectivity index (χ0n) is 11.9. The van der Waals surface area contributed by atoms with Crippen LogP contribution in [0.25, 0.3) is 0 Å². The van der Waals surface area contributed by atoms with Crippen LogP contribution in [0, 0.1) is 5.41 Å². The van der Waals surface area contributed by atoms with Gasteiger partial charge in [-0.1, -0.05) is 13.8 Å². The van der Waals surface area contributed by atoms with E-state index >= 15 is 0 Å². The molecule has 1 heterocycles. The maximum Gasteiger partial charge on any atom is 0.346 e. The van der Waals surface area contributed by atoms with Crippen molar-refractivity contribution in [3.05, 3.63) is 20.8 Å². The van der Waals surface area contributed by atoms with E-state index < -0.39 is 11.2 Å². The van der Waals surface area contributed by atoms with Gasteiger partial charge in [-0.25, -0.2) is 9.48 Å². The summed E-state index contributed by atoms with van der Waals surface area (Å²) in [6, 6.07) is 0. The smallest absolute Gasteiger partial charge is 0.346 e. The van der Waals surface area contributed by atoms with Crippen LogP contribution in [0.5, 0.6) is 0 Å². The van der Waals surface area contributed by atoms with Crippen molar-refractivity contribution in [2.75, 3.05) is 18.5 Å². The maximum atomic E-state index is 11.9. The first kappa shape index (κ1) is 15.4. The highest BCUT2D eigenvalue weighted by Crippen LogP contribution is 2.21. The Morgan fingerprint density at radius 3 is 2.53 bits per heavy atom. The van der Waals surface area contributed by atoms with Crippen LogP contribution in [0.1, 0.15) is 26.7 Å². The van der Waals surface area contributed by atoms with Gasteiger partial charge in [0.25, 0.3) is 5.56 Å². The summed E-state index contributed by atoms with van der Waals surface area (Å²) < 4.78 is 2.15. The molecule has 0 unspecified atom stereocenters. The zero-order chi connectivity index (χ0) is 14.6. The molecule has 0 amide bonds. The molecule has 7 heteroatoms. The van der Waals surface area contributed by atoms with Gasteiger partial charge in [0.2, 0.25) is 5.82 Å². The van der Waals surface area contributed by atoms with Gasteiger partial charge in [-0.15, -0.1) is 5.10 Å². The Morgan fingerprint density at radius 1 is 1.32 bits per heavy atom. The Kier molecular flexibility index (Phi) is 4.88. The normalized spacial score (nSPS) is 11.6. The van der Waals surface area contributed by atoms with Crippen molar-refractivity contribution < 1.29 is 5.11 Å². The third kappa shape index (κ3) is 3.92. The van der Waals surface area contributed by atoms with Gasteiger partial charge in [-0.3, -0.25) is 9.36 Å². The lowest BCUT2D eigenvalue weighted by atomic mass is 9.88. The molecule has 108 valence electrons. The molecule has 7 nitrogen and oxygen atoms in total. The van der Waals surface area contributed by atoms with Crippen molar-refractivity contribution in [2.24, 2.45) is 19.5 Å². The van der Waals surface area contributed by atoms with Gasteiger partial charge >= 0.3 is 5.69 Å². The fourth-order valence-electron chi connectivity index (χ4n) is 1.78. The van der Waals surface area contributed by atoms with Crippen LogP contribution in [-0.2, 0) is 14.1 Å². The van der Waals surface area contributed by atoms with Crippen LogP contribution >= 0.6 is 0 Å². The largest absolute Gasteiger partial charge is 0.396 e. The fourth-order valence-corrected chi connectivity index (χ4v) is 1.78. The standard InChI is InChI=1S/C12H22N4O3/c1-12(2,6-5-7-17)8-13-9-10(18)15(3)11(19)16(4)14-9/h17H,5-8H2,1-4H3,(H,13,14). The molecule has 1 aromatic heterocycles. The number of nitrogens with one attached hydrogen (secondary N) is 1. The lowest BCUT2D eigenvalue weighted by Gasteiger charge is -2.24. The number of aryl methyl sites for hydroxylation is 1. The molecule has 1 aromatic rings. The summed E-state index contributed by atoms with van der Waals surface area (Å²) in [5, 5.41) is 15.8. The van der Waals surface area contributed by atoms with Gasteiger partial charge in [0.15, 0.2) is 0 Å². The summed E-state index contributed by atoms with van der Waals surface area (Å²) in [6.07, 6.45) is 1.55. The second-order valence-corrected chi connectivity index (χ2v) is 5.46. The summed E-state index contributed by atoms with van der Waals surface area (Å²) in [7, 11) is 2.93. The molecule has 0 fully saturated rings. The molecular formula is C12H22N4O3. The predicted octanol–water partition coefficient (Wildman–Crippen LogP) is -0.310. The predicted molar refractivity (Wildman–Crippen MR) is 73.3 cm³/mol. The number of anilines is 1. The van der Waals surface area contributed by atoms with Crippen LogP contribution in [0.3, 0.4) is 0 Å². The minimum absolute atomic E-state index is 0.0653. The average Bonchev–Trinajstić information content (AvgIpc) is 2.37. The summed E-state index contributed by atoms with van der Waals surface area (Å²) in [4.78, 5) is 23.3. The van der Waals surface area contributed by atoms with E-state index in [1.54, 1.807) is 0 Å². The van der Waals surface area contributed by atoms with Gasteiger partial charge in [0.05, 0.1) is 0 Å². The first-order chi connectivity index (χ1) is 8.78. The third-order valence-corrected chi connectivity index (χ3v) is 3.07. The van der Waals surface area contributed by atoms with Gasteiger partial charge in [-0.2, -0.15) is 0 Å². The Labute approximate surface area is 111 Å². The van der Waals surface area contributed by atoms with E-state index in [0.29, 0.717) is 13.0 Å². The second-order valence-electron chi connectivity index (χ2n) is 5.46. The number of aromatic nitrogens is 3. The number of hydrogen-bond donors (Lipinski definition) is 2. The van der Waals surface area contributed by atoms with E-state index in [1.807, 2.05) is 13.8 Å². The number of hydrogen-bond acceptors (Lipinski definition) is 5. The van der Waals surface area contributed by atoms with E-state index in [1.165, 1.54) is 14.1 Å². The van der Waals surface area contributed by atoms with Crippen LogP contribution in [0.4, 0.5) is 5.82 Å². The van der Waals surface area contributed by atoms with Crippen LogP contribution in [0.2, 0.25) is 0 Å². The number of aliphatic hydroxyl groups excluding tert-OH is 1. The molecule has 0 radical (unpaired) electrons. The minimum atomic E-state index is -0.449. The average molecular weight is 270 g/mol. The van der Waals surface area contributed by atoms with Gasteiger partial charge in [0, 0.05) is 27.2 Å². The molecule has 0 atom stereocenters. The van der Waals surface area contributed by atoms with Gasteiger partial charge < -0.3 is 10.4 Å². The van der Waals surface area contributed by atoms with Crippen molar-refractivity contribution in [3.8, 4) is 0 Å². The summed E-state index contributed by atoms with van der Waals surface area (Å²) in [5.74, 6) is 0.168. The monoisotopic (exact) mass is 270 g/mol. The lowest BCUT2D eigenvalue weighted by Crippen LogP contribution is -2.40. The van der Waals surface area contributed by atoms with Gasteiger partial charge in [-0.05, 0) is 18.3 Å². The van der Waals surface area contributed by atoms with E-state index in [0.717, 1.165) is 15.7 Å².